The van der Waals surface area contributed by atoms with Crippen LogP contribution in [0.3, 0.4) is 0 Å². The van der Waals surface area contributed by atoms with E-state index < -0.39 is 68.4 Å². The van der Waals surface area contributed by atoms with Crippen LogP contribution in [0.15, 0.2) is 0 Å². The lowest BCUT2D eigenvalue weighted by molar-refractivity contribution is -0.539. The summed E-state index contributed by atoms with van der Waals surface area (Å²) in [6.07, 6.45) is -36.5. The van der Waals surface area contributed by atoms with Gasteiger partial charge in [-0.2, -0.15) is 57.1 Å². The second-order valence-corrected chi connectivity index (χ2v) is 5.46. The minimum atomic E-state index is -7.92. The molecular weight excluding hydrogens is 500 g/mol. The molecule has 0 aliphatic heterocycles. The van der Waals surface area contributed by atoms with Crippen LogP contribution in [0.1, 0.15) is 6.92 Å². The third-order valence-electron chi connectivity index (χ3n) is 2.86. The van der Waals surface area contributed by atoms with Gasteiger partial charge in [-0.05, 0) is 0 Å². The molecule has 1 unspecified atom stereocenters. The highest BCUT2D eigenvalue weighted by Gasteiger charge is 2.85. The topological polar surface area (TPSA) is 47.9 Å². The highest BCUT2D eigenvalue weighted by molar-refractivity contribution is 4.97. The van der Waals surface area contributed by atoms with Crippen LogP contribution in [0, 0.1) is 0 Å². The van der Waals surface area contributed by atoms with E-state index in [9.17, 15) is 70.2 Å². The highest BCUT2D eigenvalue weighted by Crippen LogP contribution is 2.55. The summed E-state index contributed by atoms with van der Waals surface area (Å²) in [6.45, 7) is -2.39. The van der Waals surface area contributed by atoms with Crippen molar-refractivity contribution in [3.05, 3.63) is 0 Å². The summed E-state index contributed by atoms with van der Waals surface area (Å²) in [5.74, 6) is -20.4. The second kappa shape index (κ2) is 8.58. The molecule has 0 aromatic heterocycles. The SMILES string of the molecule is CC(F)(OC(F)(F)C(F)(F)OC(F)(F)C(F)(F)C(F)(F)C(F)(F)F)[C@@H](O)OCC(F)F. The van der Waals surface area contributed by atoms with Crippen molar-refractivity contribution in [1.29, 1.82) is 0 Å². The Morgan fingerprint density at radius 3 is 1.39 bits per heavy atom. The fourth-order valence-corrected chi connectivity index (χ4v) is 1.32. The van der Waals surface area contributed by atoms with Gasteiger partial charge in [-0.25, -0.2) is 17.9 Å². The molecule has 0 fully saturated rings. The van der Waals surface area contributed by atoms with Crippen molar-refractivity contribution in [2.75, 3.05) is 6.61 Å². The smallest absolute Gasteiger partial charge is 0.363 e. The zero-order valence-corrected chi connectivity index (χ0v) is 14.1. The van der Waals surface area contributed by atoms with Crippen molar-refractivity contribution in [2.45, 2.75) is 61.8 Å². The maximum atomic E-state index is 13.7. The van der Waals surface area contributed by atoms with Crippen molar-refractivity contribution in [1.82, 2.24) is 0 Å². The average molecular weight is 508 g/mol. The summed E-state index contributed by atoms with van der Waals surface area (Å²) >= 11 is 0. The first-order valence-corrected chi connectivity index (χ1v) is 6.88. The van der Waals surface area contributed by atoms with Crippen LogP contribution in [0.25, 0.3) is 0 Å². The molecule has 0 aromatic carbocycles. The zero-order valence-electron chi connectivity index (χ0n) is 14.1. The van der Waals surface area contributed by atoms with Gasteiger partial charge in [0.1, 0.15) is 6.61 Å². The molecule has 0 aliphatic rings. The predicted octanol–water partition coefficient (Wildman–Crippen LogP) is 4.92. The summed E-state index contributed by atoms with van der Waals surface area (Å²) in [6, 6.07) is 0. The molecule has 0 saturated carbocycles. The number of hydrogen-bond donors (Lipinski definition) is 1. The van der Waals surface area contributed by atoms with Gasteiger partial charge in [-0.1, -0.05) is 0 Å². The molecule has 20 heteroatoms. The van der Waals surface area contributed by atoms with E-state index in [4.69, 9.17) is 5.11 Å². The summed E-state index contributed by atoms with van der Waals surface area (Å²) in [5.41, 5.74) is 0. The molecular formula is C11H8F16O4. The average Bonchev–Trinajstić information content (AvgIpc) is 2.48. The molecule has 0 aliphatic carbocycles. The van der Waals surface area contributed by atoms with E-state index in [1.54, 1.807) is 0 Å². The normalized spacial score (nSPS) is 18.3. The Kier molecular flexibility index (Phi) is 8.22. The number of aliphatic hydroxyl groups is 1. The first-order valence-electron chi connectivity index (χ1n) is 6.88. The van der Waals surface area contributed by atoms with Crippen molar-refractivity contribution >= 4 is 0 Å². The Balaban J connectivity index is 5.79. The van der Waals surface area contributed by atoms with Gasteiger partial charge in [-0.3, -0.25) is 4.74 Å². The van der Waals surface area contributed by atoms with E-state index in [1.807, 2.05) is 0 Å². The lowest BCUT2D eigenvalue weighted by atomic mass is 10.1. The molecule has 1 N–H and O–H groups in total. The fourth-order valence-electron chi connectivity index (χ4n) is 1.32. The highest BCUT2D eigenvalue weighted by atomic mass is 19.4. The van der Waals surface area contributed by atoms with Gasteiger partial charge in [0.15, 0.2) is 0 Å². The maximum Gasteiger partial charge on any atom is 0.460 e. The lowest BCUT2D eigenvalue weighted by Crippen LogP contribution is -2.64. The van der Waals surface area contributed by atoms with Crippen molar-refractivity contribution < 1.29 is 89.6 Å². The number of alkyl halides is 16. The minimum Gasteiger partial charge on any atom is -0.363 e. The van der Waals surface area contributed by atoms with Crippen molar-refractivity contribution in [3.63, 3.8) is 0 Å². The molecule has 0 bridgehead atoms. The van der Waals surface area contributed by atoms with Gasteiger partial charge in [0.25, 0.3) is 12.3 Å². The molecule has 31 heavy (non-hydrogen) atoms. The Hall–Kier alpha value is -1.28. The number of halogens is 16. The molecule has 0 saturated heterocycles. The van der Waals surface area contributed by atoms with Crippen LogP contribution in [0.4, 0.5) is 70.2 Å². The van der Waals surface area contributed by atoms with Crippen LogP contribution in [-0.2, 0) is 14.2 Å². The lowest BCUT2D eigenvalue weighted by Gasteiger charge is -2.37. The van der Waals surface area contributed by atoms with Gasteiger partial charge < -0.3 is 9.84 Å². The van der Waals surface area contributed by atoms with E-state index in [0.717, 1.165) is 0 Å². The third kappa shape index (κ3) is 6.15. The Bertz CT molecular complexity index is 601. The van der Waals surface area contributed by atoms with E-state index in [0.29, 0.717) is 0 Å². The second-order valence-electron chi connectivity index (χ2n) is 5.46. The summed E-state index contributed by atoms with van der Waals surface area (Å²) in [5, 5.41) is 8.85. The molecule has 0 amide bonds. The van der Waals surface area contributed by atoms with Crippen LogP contribution in [-0.4, -0.2) is 66.6 Å². The van der Waals surface area contributed by atoms with Crippen molar-refractivity contribution in [2.24, 2.45) is 0 Å². The summed E-state index contributed by atoms with van der Waals surface area (Å²) in [7, 11) is 0. The molecule has 0 rings (SSSR count). The minimum absolute atomic E-state index is 0.461. The van der Waals surface area contributed by atoms with Crippen molar-refractivity contribution in [3.8, 4) is 0 Å². The summed E-state index contributed by atoms with van der Waals surface area (Å²) < 4.78 is 210. The molecule has 0 aromatic rings. The number of aliphatic hydroxyl groups excluding tert-OH is 1. The largest absolute Gasteiger partial charge is 0.460 e. The third-order valence-corrected chi connectivity index (χ3v) is 2.86. The number of ether oxygens (including phenoxy) is 3. The monoisotopic (exact) mass is 508 g/mol. The molecule has 4 nitrogen and oxygen atoms in total. The molecule has 0 heterocycles. The molecule has 2 atom stereocenters. The van der Waals surface area contributed by atoms with Gasteiger partial charge in [0.2, 0.25) is 6.29 Å². The van der Waals surface area contributed by atoms with E-state index in [1.165, 1.54) is 4.74 Å². The molecule has 188 valence electrons. The Morgan fingerprint density at radius 2 is 1.03 bits per heavy atom. The number of hydrogen-bond acceptors (Lipinski definition) is 4. The first kappa shape index (κ1) is 29.7. The molecule has 0 spiro atoms. The quantitative estimate of drug-likeness (QED) is 0.318. The molecule has 0 radical (unpaired) electrons. The maximum absolute atomic E-state index is 13.7. The zero-order chi connectivity index (χ0) is 25.5. The number of rotatable bonds is 11. The van der Waals surface area contributed by atoms with E-state index in [2.05, 4.69) is 9.47 Å². The van der Waals surface area contributed by atoms with Crippen LogP contribution in [0.2, 0.25) is 0 Å². The summed E-state index contributed by atoms with van der Waals surface area (Å²) in [4.78, 5) is 0. The van der Waals surface area contributed by atoms with E-state index >= 15 is 0 Å². The van der Waals surface area contributed by atoms with Gasteiger partial charge in [0, 0.05) is 6.92 Å². The Morgan fingerprint density at radius 1 is 0.645 bits per heavy atom. The fraction of sp³-hybridized carbons (Fsp3) is 1.00. The van der Waals surface area contributed by atoms with Crippen LogP contribution >= 0.6 is 0 Å². The first-order chi connectivity index (χ1) is 13.3. The van der Waals surface area contributed by atoms with Gasteiger partial charge in [0.05, 0.1) is 0 Å². The standard InChI is InChI=1S/C11H8F16O4/c1-5(14,4(28)29-2-3(12)13)30-10(24,25)11(26,27)31-9(22,23)7(17,18)6(15,16)8(19,20)21/h3-4,28H,2H2,1H3/t4-,5?/m0/s1. The predicted molar refractivity (Wildman–Crippen MR) is 60.4 cm³/mol. The van der Waals surface area contributed by atoms with Crippen LogP contribution < -0.4 is 0 Å². The van der Waals surface area contributed by atoms with Crippen LogP contribution in [0.5, 0.6) is 0 Å². The Labute approximate surface area is 159 Å². The van der Waals surface area contributed by atoms with E-state index in [-0.39, 0.29) is 0 Å². The van der Waals surface area contributed by atoms with Gasteiger partial charge in [-0.15, -0.1) is 0 Å². The van der Waals surface area contributed by atoms with Gasteiger partial charge >= 0.3 is 36.3 Å².